The summed E-state index contributed by atoms with van der Waals surface area (Å²) in [6, 6.07) is 4.20. The van der Waals surface area contributed by atoms with E-state index in [1.54, 1.807) is 0 Å². The first-order valence-corrected chi connectivity index (χ1v) is 5.52. The quantitative estimate of drug-likeness (QED) is 0.738. The lowest BCUT2D eigenvalue weighted by Gasteiger charge is -2.02. The number of benzene rings is 1. The van der Waals surface area contributed by atoms with E-state index in [2.05, 4.69) is 5.10 Å². The van der Waals surface area contributed by atoms with Crippen molar-refractivity contribution in [2.75, 3.05) is 0 Å². The molecule has 0 radical (unpaired) electrons. The molecule has 7 heteroatoms. The van der Waals surface area contributed by atoms with Gasteiger partial charge >= 0.3 is 5.97 Å². The van der Waals surface area contributed by atoms with Crippen molar-refractivity contribution in [3.63, 3.8) is 0 Å². The van der Waals surface area contributed by atoms with E-state index in [4.69, 9.17) is 10.8 Å². The molecule has 1 heterocycles. The van der Waals surface area contributed by atoms with Crippen molar-refractivity contribution in [3.8, 4) is 5.69 Å². The number of rotatable bonds is 4. The van der Waals surface area contributed by atoms with Crippen LogP contribution in [0.3, 0.4) is 0 Å². The molecule has 2 rings (SSSR count). The molecule has 1 aromatic heterocycles. The van der Waals surface area contributed by atoms with Gasteiger partial charge in [-0.1, -0.05) is 0 Å². The molecule has 0 fully saturated rings. The van der Waals surface area contributed by atoms with Gasteiger partial charge in [-0.05, 0) is 24.3 Å². The largest absolute Gasteiger partial charge is 0.480 e. The number of aromatic nitrogens is 2. The zero-order valence-electron chi connectivity index (χ0n) is 9.84. The van der Waals surface area contributed by atoms with E-state index in [0.29, 0.717) is 5.69 Å². The Bertz CT molecular complexity index is 645. The van der Waals surface area contributed by atoms with Gasteiger partial charge in [0.2, 0.25) is 0 Å². The molecule has 0 aliphatic rings. The smallest absolute Gasteiger partial charge is 0.320 e. The van der Waals surface area contributed by atoms with Gasteiger partial charge in [0.25, 0.3) is 5.56 Å². The van der Waals surface area contributed by atoms with E-state index in [9.17, 15) is 14.0 Å². The minimum atomic E-state index is -1.17. The van der Waals surface area contributed by atoms with E-state index in [1.165, 1.54) is 35.1 Å². The summed E-state index contributed by atoms with van der Waals surface area (Å²) in [7, 11) is 0. The maximum absolute atomic E-state index is 12.8. The van der Waals surface area contributed by atoms with Crippen LogP contribution in [0, 0.1) is 5.82 Å². The molecule has 100 valence electrons. The summed E-state index contributed by atoms with van der Waals surface area (Å²) in [5.41, 5.74) is 5.70. The van der Waals surface area contributed by atoms with Gasteiger partial charge in [0, 0.05) is 18.2 Å². The van der Waals surface area contributed by atoms with Gasteiger partial charge < -0.3 is 10.8 Å². The maximum Gasteiger partial charge on any atom is 0.320 e. The molecular formula is C12H12FN3O3. The van der Waals surface area contributed by atoms with Gasteiger partial charge in [0.1, 0.15) is 11.9 Å². The van der Waals surface area contributed by atoms with Crippen molar-refractivity contribution in [2.24, 2.45) is 5.73 Å². The lowest BCUT2D eigenvalue weighted by atomic mass is 10.1. The van der Waals surface area contributed by atoms with Gasteiger partial charge in [-0.15, -0.1) is 0 Å². The summed E-state index contributed by atoms with van der Waals surface area (Å²) in [4.78, 5) is 22.6. The fourth-order valence-electron chi connectivity index (χ4n) is 1.66. The average Bonchev–Trinajstić information content (AvgIpc) is 2.72. The van der Waals surface area contributed by atoms with E-state index in [1.807, 2.05) is 0 Å². The standard InChI is InChI=1S/C12H12FN3O3/c13-8-1-3-9(4-2-8)16-11(17)7(6-15-16)5-10(14)12(18)19/h1-4,6,10,15H,5,14H2,(H,18,19)/t10-/m0/s1. The van der Waals surface area contributed by atoms with Crippen LogP contribution in [0.15, 0.2) is 35.3 Å². The summed E-state index contributed by atoms with van der Waals surface area (Å²) in [5.74, 6) is -1.58. The van der Waals surface area contributed by atoms with Gasteiger partial charge in [-0.25, -0.2) is 9.07 Å². The van der Waals surface area contributed by atoms with Crippen LogP contribution in [-0.2, 0) is 11.2 Å². The second kappa shape index (κ2) is 5.07. The molecule has 0 saturated carbocycles. The Morgan fingerprint density at radius 3 is 2.63 bits per heavy atom. The third-order valence-electron chi connectivity index (χ3n) is 2.69. The van der Waals surface area contributed by atoms with Gasteiger partial charge in [-0.3, -0.25) is 14.7 Å². The highest BCUT2D eigenvalue weighted by molar-refractivity contribution is 5.73. The lowest BCUT2D eigenvalue weighted by Crippen LogP contribution is -2.34. The Morgan fingerprint density at radius 2 is 2.05 bits per heavy atom. The molecule has 0 aliphatic heterocycles. The number of hydrogen-bond acceptors (Lipinski definition) is 3. The van der Waals surface area contributed by atoms with Crippen molar-refractivity contribution in [2.45, 2.75) is 12.5 Å². The number of carbonyl (C=O) groups is 1. The summed E-state index contributed by atoms with van der Waals surface area (Å²) in [5, 5.41) is 11.4. The van der Waals surface area contributed by atoms with Crippen molar-refractivity contribution in [1.29, 1.82) is 0 Å². The fraction of sp³-hybridized carbons (Fsp3) is 0.167. The molecular weight excluding hydrogens is 253 g/mol. The lowest BCUT2D eigenvalue weighted by molar-refractivity contribution is -0.138. The van der Waals surface area contributed by atoms with Crippen LogP contribution in [0.4, 0.5) is 4.39 Å². The number of halogens is 1. The third kappa shape index (κ3) is 2.71. The highest BCUT2D eigenvalue weighted by Crippen LogP contribution is 2.06. The number of aromatic amines is 1. The van der Waals surface area contributed by atoms with E-state index in [-0.39, 0.29) is 12.0 Å². The molecule has 0 saturated heterocycles. The van der Waals surface area contributed by atoms with Crippen molar-refractivity contribution < 1.29 is 14.3 Å². The van der Waals surface area contributed by atoms with Crippen LogP contribution in [0.5, 0.6) is 0 Å². The molecule has 19 heavy (non-hydrogen) atoms. The van der Waals surface area contributed by atoms with Crippen LogP contribution in [0.1, 0.15) is 5.56 Å². The third-order valence-corrected chi connectivity index (χ3v) is 2.69. The normalized spacial score (nSPS) is 12.3. The Balaban J connectivity index is 2.30. The predicted molar refractivity (Wildman–Crippen MR) is 65.7 cm³/mol. The van der Waals surface area contributed by atoms with Crippen LogP contribution < -0.4 is 11.3 Å². The fourth-order valence-corrected chi connectivity index (χ4v) is 1.66. The summed E-state index contributed by atoms with van der Waals surface area (Å²) in [6.45, 7) is 0. The Kier molecular flexibility index (Phi) is 3.48. The number of nitrogens with zero attached hydrogens (tertiary/aromatic N) is 1. The average molecular weight is 265 g/mol. The summed E-state index contributed by atoms with van der Waals surface area (Å²) < 4.78 is 14.0. The van der Waals surface area contributed by atoms with Crippen molar-refractivity contribution >= 4 is 5.97 Å². The zero-order valence-corrected chi connectivity index (χ0v) is 9.84. The molecule has 4 N–H and O–H groups in total. The molecule has 0 bridgehead atoms. The van der Waals surface area contributed by atoms with Crippen LogP contribution in [-0.4, -0.2) is 26.9 Å². The number of nitrogens with one attached hydrogen (secondary N) is 1. The Hall–Kier alpha value is -2.41. The number of hydrogen-bond donors (Lipinski definition) is 3. The summed E-state index contributed by atoms with van der Waals surface area (Å²) >= 11 is 0. The van der Waals surface area contributed by atoms with Gasteiger partial charge in [-0.2, -0.15) is 0 Å². The van der Waals surface area contributed by atoms with Crippen molar-refractivity contribution in [1.82, 2.24) is 9.78 Å². The number of H-pyrrole nitrogens is 1. The number of carboxylic acids is 1. The minimum Gasteiger partial charge on any atom is -0.480 e. The molecule has 2 aromatic rings. The molecule has 0 spiro atoms. The Morgan fingerprint density at radius 1 is 1.42 bits per heavy atom. The number of carboxylic acid groups (broad SMARTS) is 1. The predicted octanol–water partition coefficient (Wildman–Crippen LogP) is 0.259. The van der Waals surface area contributed by atoms with E-state index >= 15 is 0 Å². The first-order valence-electron chi connectivity index (χ1n) is 5.52. The van der Waals surface area contributed by atoms with Crippen LogP contribution in [0.2, 0.25) is 0 Å². The highest BCUT2D eigenvalue weighted by Gasteiger charge is 2.16. The molecule has 0 amide bonds. The molecule has 0 unspecified atom stereocenters. The second-order valence-corrected chi connectivity index (χ2v) is 4.06. The minimum absolute atomic E-state index is 0.0706. The van der Waals surface area contributed by atoms with Crippen molar-refractivity contribution in [3.05, 3.63) is 52.2 Å². The Labute approximate surface area is 107 Å². The van der Waals surface area contributed by atoms with E-state index in [0.717, 1.165) is 0 Å². The molecule has 0 aliphatic carbocycles. The topological polar surface area (TPSA) is 101 Å². The summed E-state index contributed by atoms with van der Waals surface area (Å²) in [6.07, 6.45) is 1.33. The van der Waals surface area contributed by atoms with E-state index < -0.39 is 23.4 Å². The van der Waals surface area contributed by atoms with Crippen LogP contribution in [0.25, 0.3) is 5.69 Å². The first kappa shape index (κ1) is 13.0. The molecule has 1 aromatic carbocycles. The zero-order chi connectivity index (χ0) is 14.0. The van der Waals surface area contributed by atoms with Gasteiger partial charge in [0.15, 0.2) is 0 Å². The van der Waals surface area contributed by atoms with Crippen LogP contribution >= 0.6 is 0 Å². The number of nitrogens with two attached hydrogens (primary N) is 1. The second-order valence-electron chi connectivity index (χ2n) is 4.06. The van der Waals surface area contributed by atoms with Gasteiger partial charge in [0.05, 0.1) is 5.69 Å². The maximum atomic E-state index is 12.8. The monoisotopic (exact) mass is 265 g/mol. The number of aliphatic carboxylic acids is 1. The highest BCUT2D eigenvalue weighted by atomic mass is 19.1. The molecule has 1 atom stereocenters. The SMILES string of the molecule is N[C@@H](Cc1c[nH]n(-c2ccc(F)cc2)c1=O)C(=O)O. The molecule has 6 nitrogen and oxygen atoms in total. The first-order chi connectivity index (χ1) is 8.99.